The van der Waals surface area contributed by atoms with Crippen molar-refractivity contribution in [2.45, 2.75) is 15.8 Å². The fourth-order valence-corrected chi connectivity index (χ4v) is 6.65. The van der Waals surface area contributed by atoms with E-state index in [1.54, 1.807) is 5.51 Å². The van der Waals surface area contributed by atoms with Crippen molar-refractivity contribution in [3.05, 3.63) is 27.9 Å². The molecule has 0 spiro atoms. The number of carboxylic acids is 1. The average Bonchev–Trinajstić information content (AvgIpc) is 3.49. The Kier molecular flexibility index (Phi) is 7.67. The second kappa shape index (κ2) is 10.7. The summed E-state index contributed by atoms with van der Waals surface area (Å²) < 4.78 is 0.697. The lowest BCUT2D eigenvalue weighted by Crippen LogP contribution is -2.71. The SMILES string of the molecule is Nc1nc(C(=NOCCO)C(=O)NC2C(=O)N3C(C(=O)O)=C(CSc4nncs4)CS[C@H]23)cs1. The maximum Gasteiger partial charge on any atom is 0.352 e. The Balaban J connectivity index is 1.49. The van der Waals surface area contributed by atoms with Gasteiger partial charge in [-0.3, -0.25) is 14.5 Å². The number of carboxylic acid groups (broad SMARTS) is 1. The molecule has 2 aromatic rings. The van der Waals surface area contributed by atoms with Gasteiger partial charge in [0.05, 0.1) is 6.61 Å². The molecule has 2 amide bonds. The lowest BCUT2D eigenvalue weighted by molar-refractivity contribution is -0.150. The number of amides is 2. The van der Waals surface area contributed by atoms with Gasteiger partial charge in [-0.1, -0.05) is 28.3 Å². The maximum absolute atomic E-state index is 12.9. The number of nitrogens with zero attached hydrogens (tertiary/aromatic N) is 5. The summed E-state index contributed by atoms with van der Waals surface area (Å²) in [4.78, 5) is 47.9. The molecule has 0 saturated carbocycles. The van der Waals surface area contributed by atoms with Crippen LogP contribution in [-0.2, 0) is 19.2 Å². The number of aliphatic hydroxyl groups excluding tert-OH is 1. The summed E-state index contributed by atoms with van der Waals surface area (Å²) in [5.74, 6) is -1.78. The smallest absolute Gasteiger partial charge is 0.352 e. The molecular formula is C17H17N7O6S4. The summed E-state index contributed by atoms with van der Waals surface area (Å²) in [6.45, 7) is -0.452. The summed E-state index contributed by atoms with van der Waals surface area (Å²) >= 11 is 5.14. The molecule has 2 aliphatic rings. The van der Waals surface area contributed by atoms with Crippen molar-refractivity contribution in [1.29, 1.82) is 0 Å². The van der Waals surface area contributed by atoms with Crippen molar-refractivity contribution in [1.82, 2.24) is 25.4 Å². The number of aromatic nitrogens is 3. The van der Waals surface area contributed by atoms with E-state index in [0.717, 1.165) is 11.3 Å². The van der Waals surface area contributed by atoms with Gasteiger partial charge in [0.15, 0.2) is 15.2 Å². The number of carbonyl (C=O) groups is 3. The predicted molar refractivity (Wildman–Crippen MR) is 126 cm³/mol. The fourth-order valence-electron chi connectivity index (χ4n) is 3.13. The zero-order valence-corrected chi connectivity index (χ0v) is 20.4. The van der Waals surface area contributed by atoms with E-state index in [0.29, 0.717) is 21.4 Å². The molecule has 0 aromatic carbocycles. The zero-order chi connectivity index (χ0) is 24.2. The van der Waals surface area contributed by atoms with Gasteiger partial charge in [-0.15, -0.1) is 33.3 Å². The number of carbonyl (C=O) groups excluding carboxylic acids is 2. The molecule has 1 unspecified atom stereocenters. The van der Waals surface area contributed by atoms with Gasteiger partial charge in [-0.2, -0.15) is 0 Å². The number of aliphatic carboxylic acids is 1. The molecule has 2 aromatic heterocycles. The summed E-state index contributed by atoms with van der Waals surface area (Å²) in [7, 11) is 0. The normalized spacial score (nSPS) is 20.1. The fraction of sp³-hybridized carbons (Fsp3) is 0.353. The van der Waals surface area contributed by atoms with Gasteiger partial charge in [0.2, 0.25) is 0 Å². The van der Waals surface area contributed by atoms with Crippen molar-refractivity contribution in [3.63, 3.8) is 0 Å². The second-order valence-electron chi connectivity index (χ2n) is 6.68. The number of β-lactam (4-membered cyclic amide) rings is 1. The molecule has 13 nitrogen and oxygen atoms in total. The van der Waals surface area contributed by atoms with Crippen molar-refractivity contribution < 1.29 is 29.4 Å². The topological polar surface area (TPSA) is 193 Å². The van der Waals surface area contributed by atoms with E-state index >= 15 is 0 Å². The first-order valence-electron chi connectivity index (χ1n) is 9.52. The van der Waals surface area contributed by atoms with Crippen LogP contribution < -0.4 is 11.1 Å². The van der Waals surface area contributed by atoms with E-state index in [4.69, 9.17) is 15.7 Å². The van der Waals surface area contributed by atoms with Crippen LogP contribution in [-0.4, -0.2) is 89.9 Å². The van der Waals surface area contributed by atoms with Crippen LogP contribution in [0.2, 0.25) is 0 Å². The number of aliphatic hydroxyl groups is 1. The largest absolute Gasteiger partial charge is 0.477 e. The van der Waals surface area contributed by atoms with Gasteiger partial charge in [-0.05, 0) is 5.57 Å². The number of thiazole rings is 1. The lowest BCUT2D eigenvalue weighted by Gasteiger charge is -2.49. The Morgan fingerprint density at radius 1 is 1.41 bits per heavy atom. The minimum Gasteiger partial charge on any atom is -0.477 e. The van der Waals surface area contributed by atoms with Crippen LogP contribution in [0.3, 0.4) is 0 Å². The highest BCUT2D eigenvalue weighted by Crippen LogP contribution is 2.41. The van der Waals surface area contributed by atoms with Gasteiger partial charge in [0.1, 0.15) is 34.9 Å². The van der Waals surface area contributed by atoms with Gasteiger partial charge in [-0.25, -0.2) is 9.78 Å². The summed E-state index contributed by atoms with van der Waals surface area (Å²) in [5.41, 5.74) is 7.67. The van der Waals surface area contributed by atoms with Crippen molar-refractivity contribution in [2.75, 3.05) is 30.5 Å². The molecular weight excluding hydrogens is 526 g/mol. The number of nitrogens with one attached hydrogen (secondary N) is 1. The standard InChI is InChI=1S/C17H17N7O6S4/c18-16-20-8(5-32-16)9(23-30-2-1-25)12(26)21-10-13(27)24-11(15(28)29)7(3-31-14(10)24)4-33-17-22-19-6-34-17/h5-6,10,14,25H,1-4H2,(H2,18,20)(H,21,26)(H,28,29)/t10?,14-/m1/s1. The number of oxime groups is 1. The third kappa shape index (κ3) is 5.02. The van der Waals surface area contributed by atoms with Crippen LogP contribution in [0.1, 0.15) is 5.69 Å². The third-order valence-corrected chi connectivity index (χ3v) is 8.52. The van der Waals surface area contributed by atoms with Gasteiger partial charge in [0, 0.05) is 16.9 Å². The van der Waals surface area contributed by atoms with E-state index in [2.05, 4.69) is 25.7 Å². The van der Waals surface area contributed by atoms with Gasteiger partial charge >= 0.3 is 5.97 Å². The van der Waals surface area contributed by atoms with E-state index in [9.17, 15) is 19.5 Å². The van der Waals surface area contributed by atoms with Gasteiger partial charge in [0.25, 0.3) is 11.8 Å². The third-order valence-electron chi connectivity index (χ3n) is 4.56. The molecule has 1 fully saturated rings. The minimum absolute atomic E-state index is 0.0799. The molecule has 34 heavy (non-hydrogen) atoms. The van der Waals surface area contributed by atoms with Gasteiger partial charge < -0.3 is 26.1 Å². The molecule has 4 heterocycles. The highest BCUT2D eigenvalue weighted by molar-refractivity contribution is 8.01. The van der Waals surface area contributed by atoms with Crippen molar-refractivity contribution in [3.8, 4) is 0 Å². The molecule has 17 heteroatoms. The Hall–Kier alpha value is -2.73. The number of anilines is 1. The number of nitrogen functional groups attached to an aromatic ring is 1. The van der Waals surface area contributed by atoms with Crippen LogP contribution >= 0.6 is 46.2 Å². The van der Waals surface area contributed by atoms with E-state index in [1.165, 1.54) is 45.1 Å². The highest BCUT2D eigenvalue weighted by Gasteiger charge is 2.54. The Bertz CT molecular complexity index is 1150. The second-order valence-corrected chi connectivity index (χ2v) is 10.7. The minimum atomic E-state index is -1.21. The van der Waals surface area contributed by atoms with E-state index in [-0.39, 0.29) is 35.4 Å². The highest BCUT2D eigenvalue weighted by atomic mass is 32.2. The summed E-state index contributed by atoms with van der Waals surface area (Å²) in [6.07, 6.45) is 0. The van der Waals surface area contributed by atoms with Crippen LogP contribution in [0, 0.1) is 0 Å². The number of fused-ring (bicyclic) bond motifs is 1. The molecule has 5 N–H and O–H groups in total. The van der Waals surface area contributed by atoms with Crippen molar-refractivity contribution >= 4 is 74.8 Å². The molecule has 4 rings (SSSR count). The molecule has 2 aliphatic heterocycles. The van der Waals surface area contributed by atoms with Crippen LogP contribution in [0.15, 0.2) is 31.7 Å². The Labute approximate surface area is 208 Å². The molecule has 2 atom stereocenters. The number of rotatable bonds is 10. The number of hydrogen-bond acceptors (Lipinski definition) is 14. The van der Waals surface area contributed by atoms with E-state index in [1.807, 2.05) is 0 Å². The van der Waals surface area contributed by atoms with Crippen molar-refractivity contribution in [2.24, 2.45) is 5.16 Å². The lowest BCUT2D eigenvalue weighted by atomic mass is 10.0. The predicted octanol–water partition coefficient (Wildman–Crippen LogP) is -0.179. The first-order valence-corrected chi connectivity index (χ1v) is 13.3. The van der Waals surface area contributed by atoms with Crippen LogP contribution in [0.5, 0.6) is 0 Å². The Morgan fingerprint density at radius 2 is 2.24 bits per heavy atom. The molecule has 180 valence electrons. The zero-order valence-electron chi connectivity index (χ0n) is 17.1. The molecule has 0 radical (unpaired) electrons. The first-order chi connectivity index (χ1) is 16.4. The average molecular weight is 544 g/mol. The van der Waals surface area contributed by atoms with E-state index < -0.39 is 29.2 Å². The summed E-state index contributed by atoms with van der Waals surface area (Å²) in [6, 6.07) is -0.955. The maximum atomic E-state index is 12.9. The quantitative estimate of drug-likeness (QED) is 0.102. The van der Waals surface area contributed by atoms with Crippen LogP contribution in [0.4, 0.5) is 5.13 Å². The number of thioether (sulfide) groups is 2. The van der Waals surface area contributed by atoms with Crippen LogP contribution in [0.25, 0.3) is 0 Å². The number of nitrogens with two attached hydrogens (primary N) is 1. The molecule has 1 saturated heterocycles. The molecule has 0 bridgehead atoms. The summed E-state index contributed by atoms with van der Waals surface area (Å²) in [5, 5.41) is 33.8. The Morgan fingerprint density at radius 3 is 2.88 bits per heavy atom. The molecule has 0 aliphatic carbocycles. The first kappa shape index (κ1) is 24.4. The number of hydrogen-bond donors (Lipinski definition) is 4. The monoisotopic (exact) mass is 543 g/mol.